The van der Waals surface area contributed by atoms with Crippen LogP contribution in [-0.4, -0.2) is 5.11 Å². The molecule has 1 unspecified atom stereocenters. The van der Waals surface area contributed by atoms with Crippen molar-refractivity contribution in [3.63, 3.8) is 0 Å². The summed E-state index contributed by atoms with van der Waals surface area (Å²) in [6.07, 6.45) is 2.26. The molecule has 2 aromatic rings. The number of hydrogen-bond acceptors (Lipinski definition) is 1. The molecule has 0 aromatic heterocycles. The average Bonchev–Trinajstić information content (AvgIpc) is 2.46. The van der Waals surface area contributed by atoms with Gasteiger partial charge in [-0.15, -0.1) is 0 Å². The van der Waals surface area contributed by atoms with Gasteiger partial charge in [-0.1, -0.05) is 60.1 Å². The van der Waals surface area contributed by atoms with E-state index in [1.807, 2.05) is 12.1 Å². The van der Waals surface area contributed by atoms with Crippen molar-refractivity contribution in [2.24, 2.45) is 0 Å². The van der Waals surface area contributed by atoms with E-state index in [9.17, 15) is 5.11 Å². The van der Waals surface area contributed by atoms with Crippen LogP contribution in [0.25, 0.3) is 0 Å². The summed E-state index contributed by atoms with van der Waals surface area (Å²) in [6.45, 7) is 4.34. The van der Waals surface area contributed by atoms with E-state index in [-0.39, 0.29) is 0 Å². The molecule has 1 N–H and O–H groups in total. The molecule has 0 aliphatic heterocycles. The van der Waals surface area contributed by atoms with Gasteiger partial charge in [0.15, 0.2) is 0 Å². The first kappa shape index (κ1) is 15.3. The SMILES string of the molecule is CCc1ccc(C(O)Cc2cccc(Br)c2)cc1CC. The highest BCUT2D eigenvalue weighted by Gasteiger charge is 2.11. The summed E-state index contributed by atoms with van der Waals surface area (Å²) in [5.74, 6) is 0. The van der Waals surface area contributed by atoms with E-state index in [0.717, 1.165) is 28.4 Å². The monoisotopic (exact) mass is 332 g/mol. The Hall–Kier alpha value is -1.12. The summed E-state index contributed by atoms with van der Waals surface area (Å²) in [5, 5.41) is 10.4. The standard InChI is InChI=1S/C18H21BrO/c1-3-14-8-9-16(12-15(14)4-2)18(20)11-13-6-5-7-17(19)10-13/h5-10,12,18,20H,3-4,11H2,1-2H3. The highest BCUT2D eigenvalue weighted by molar-refractivity contribution is 9.10. The van der Waals surface area contributed by atoms with Gasteiger partial charge < -0.3 is 5.11 Å². The van der Waals surface area contributed by atoms with Crippen LogP contribution in [0.3, 0.4) is 0 Å². The number of rotatable bonds is 5. The lowest BCUT2D eigenvalue weighted by molar-refractivity contribution is 0.178. The summed E-state index contributed by atoms with van der Waals surface area (Å²) in [6, 6.07) is 14.5. The molecule has 106 valence electrons. The fourth-order valence-electron chi connectivity index (χ4n) is 2.53. The molecule has 0 amide bonds. The maximum Gasteiger partial charge on any atom is 0.0830 e. The van der Waals surface area contributed by atoms with Crippen LogP contribution in [-0.2, 0) is 19.3 Å². The Balaban J connectivity index is 2.18. The molecule has 2 rings (SSSR count). The molecule has 0 heterocycles. The molecule has 0 saturated carbocycles. The van der Waals surface area contributed by atoms with Crippen LogP contribution in [0.1, 0.15) is 42.2 Å². The zero-order valence-electron chi connectivity index (χ0n) is 12.1. The molecule has 0 saturated heterocycles. The summed E-state index contributed by atoms with van der Waals surface area (Å²) >= 11 is 3.47. The third kappa shape index (κ3) is 3.71. The number of aryl methyl sites for hydroxylation is 2. The molecule has 2 aromatic carbocycles. The second-order valence-electron chi connectivity index (χ2n) is 5.09. The molecule has 1 nitrogen and oxygen atoms in total. The van der Waals surface area contributed by atoms with Gasteiger partial charge in [0.25, 0.3) is 0 Å². The lowest BCUT2D eigenvalue weighted by Gasteiger charge is -2.14. The fourth-order valence-corrected chi connectivity index (χ4v) is 2.98. The topological polar surface area (TPSA) is 20.2 Å². The molecule has 0 radical (unpaired) electrons. The third-order valence-electron chi connectivity index (χ3n) is 3.69. The number of aliphatic hydroxyl groups excluding tert-OH is 1. The molecule has 0 aliphatic carbocycles. The first-order valence-corrected chi connectivity index (χ1v) is 7.97. The minimum absolute atomic E-state index is 0.444. The predicted octanol–water partition coefficient (Wildman–Crippen LogP) is 4.85. The van der Waals surface area contributed by atoms with Crippen LogP contribution in [0, 0.1) is 0 Å². The maximum atomic E-state index is 10.4. The van der Waals surface area contributed by atoms with E-state index in [0.29, 0.717) is 6.42 Å². The molecule has 0 fully saturated rings. The van der Waals surface area contributed by atoms with Crippen LogP contribution < -0.4 is 0 Å². The van der Waals surface area contributed by atoms with Gasteiger partial charge >= 0.3 is 0 Å². The van der Waals surface area contributed by atoms with Crippen molar-refractivity contribution in [1.29, 1.82) is 0 Å². The summed E-state index contributed by atoms with van der Waals surface area (Å²) in [4.78, 5) is 0. The van der Waals surface area contributed by atoms with Crippen LogP contribution in [0.15, 0.2) is 46.9 Å². The Kier molecular flexibility index (Phi) is 5.38. The highest BCUT2D eigenvalue weighted by Crippen LogP contribution is 2.23. The van der Waals surface area contributed by atoms with Crippen LogP contribution in [0.2, 0.25) is 0 Å². The molecule has 0 aliphatic rings. The Morgan fingerprint density at radius 2 is 1.75 bits per heavy atom. The van der Waals surface area contributed by atoms with Crippen molar-refractivity contribution in [2.75, 3.05) is 0 Å². The molecule has 0 spiro atoms. The van der Waals surface area contributed by atoms with E-state index in [2.05, 4.69) is 60.1 Å². The second kappa shape index (κ2) is 7.05. The van der Waals surface area contributed by atoms with E-state index < -0.39 is 6.10 Å². The molecule has 0 bridgehead atoms. The average molecular weight is 333 g/mol. The normalized spacial score (nSPS) is 12.4. The van der Waals surface area contributed by atoms with Crippen molar-refractivity contribution in [3.05, 3.63) is 69.2 Å². The van der Waals surface area contributed by atoms with Crippen molar-refractivity contribution in [2.45, 2.75) is 39.2 Å². The zero-order chi connectivity index (χ0) is 14.5. The molecular formula is C18H21BrO. The Morgan fingerprint density at radius 3 is 2.40 bits per heavy atom. The van der Waals surface area contributed by atoms with Crippen molar-refractivity contribution in [1.82, 2.24) is 0 Å². The van der Waals surface area contributed by atoms with Gasteiger partial charge in [-0.3, -0.25) is 0 Å². The smallest absolute Gasteiger partial charge is 0.0830 e. The van der Waals surface area contributed by atoms with Crippen LogP contribution >= 0.6 is 15.9 Å². The minimum Gasteiger partial charge on any atom is -0.388 e. The van der Waals surface area contributed by atoms with Gasteiger partial charge in [-0.05, 0) is 47.2 Å². The van der Waals surface area contributed by atoms with Gasteiger partial charge in [-0.25, -0.2) is 0 Å². The van der Waals surface area contributed by atoms with E-state index in [1.54, 1.807) is 0 Å². The van der Waals surface area contributed by atoms with Gasteiger partial charge in [0, 0.05) is 10.9 Å². The first-order chi connectivity index (χ1) is 9.63. The Bertz CT molecular complexity index is 577. The largest absolute Gasteiger partial charge is 0.388 e. The fraction of sp³-hybridized carbons (Fsp3) is 0.333. The highest BCUT2D eigenvalue weighted by atomic mass is 79.9. The summed E-state index contributed by atoms with van der Waals surface area (Å²) < 4.78 is 1.05. The van der Waals surface area contributed by atoms with E-state index >= 15 is 0 Å². The second-order valence-corrected chi connectivity index (χ2v) is 6.00. The minimum atomic E-state index is -0.444. The lowest BCUT2D eigenvalue weighted by Crippen LogP contribution is -2.03. The molecular weight excluding hydrogens is 312 g/mol. The van der Waals surface area contributed by atoms with E-state index in [4.69, 9.17) is 0 Å². The zero-order valence-corrected chi connectivity index (χ0v) is 13.7. The summed E-state index contributed by atoms with van der Waals surface area (Å²) in [5.41, 5.74) is 4.88. The number of halogens is 1. The first-order valence-electron chi connectivity index (χ1n) is 7.18. The van der Waals surface area contributed by atoms with Crippen molar-refractivity contribution < 1.29 is 5.11 Å². The van der Waals surface area contributed by atoms with Crippen molar-refractivity contribution >= 4 is 15.9 Å². The van der Waals surface area contributed by atoms with Gasteiger partial charge in [0.1, 0.15) is 0 Å². The van der Waals surface area contributed by atoms with Gasteiger partial charge in [-0.2, -0.15) is 0 Å². The summed E-state index contributed by atoms with van der Waals surface area (Å²) in [7, 11) is 0. The molecule has 2 heteroatoms. The predicted molar refractivity (Wildman–Crippen MR) is 88.0 cm³/mol. The van der Waals surface area contributed by atoms with Gasteiger partial charge in [0.05, 0.1) is 6.10 Å². The van der Waals surface area contributed by atoms with E-state index in [1.165, 1.54) is 11.1 Å². The Labute approximate surface area is 129 Å². The Morgan fingerprint density at radius 1 is 1.00 bits per heavy atom. The lowest BCUT2D eigenvalue weighted by atomic mass is 9.95. The van der Waals surface area contributed by atoms with Crippen molar-refractivity contribution in [3.8, 4) is 0 Å². The number of aliphatic hydroxyl groups is 1. The third-order valence-corrected chi connectivity index (χ3v) is 4.19. The number of hydrogen-bond donors (Lipinski definition) is 1. The molecule has 20 heavy (non-hydrogen) atoms. The van der Waals surface area contributed by atoms with Gasteiger partial charge in [0.2, 0.25) is 0 Å². The molecule has 1 atom stereocenters. The quantitative estimate of drug-likeness (QED) is 0.829. The van der Waals surface area contributed by atoms with Crippen LogP contribution in [0.4, 0.5) is 0 Å². The maximum absolute atomic E-state index is 10.4. The van der Waals surface area contributed by atoms with Crippen LogP contribution in [0.5, 0.6) is 0 Å². The number of benzene rings is 2.